The minimum atomic E-state index is -3.37. The lowest BCUT2D eigenvalue weighted by Gasteiger charge is -2.22. The molecule has 1 N–H and O–H groups in total. The van der Waals surface area contributed by atoms with E-state index in [2.05, 4.69) is 4.72 Å². The SMILES string of the molecule is CCN(CC)S(=O)(=O)NCCCN1CCCCCC1=O. The van der Waals surface area contributed by atoms with Crippen LogP contribution in [-0.2, 0) is 15.0 Å². The van der Waals surface area contributed by atoms with Crippen LogP contribution in [0.25, 0.3) is 0 Å². The molecule has 1 amide bonds. The zero-order chi connectivity index (χ0) is 15.0. The number of nitrogens with zero attached hydrogens (tertiary/aromatic N) is 2. The van der Waals surface area contributed by atoms with Crippen molar-refractivity contribution in [2.75, 3.05) is 32.7 Å². The second kappa shape index (κ2) is 8.59. The van der Waals surface area contributed by atoms with Crippen LogP contribution in [0.2, 0.25) is 0 Å². The summed E-state index contributed by atoms with van der Waals surface area (Å²) in [7, 11) is -3.37. The minimum absolute atomic E-state index is 0.203. The van der Waals surface area contributed by atoms with Crippen LogP contribution in [0.3, 0.4) is 0 Å². The molecule has 1 aliphatic heterocycles. The van der Waals surface area contributed by atoms with E-state index in [0.29, 0.717) is 39.0 Å². The molecular weight excluding hydrogens is 278 g/mol. The number of nitrogens with one attached hydrogen (secondary N) is 1. The number of carbonyl (C=O) groups excluding carboxylic acids is 1. The number of hydrogen-bond donors (Lipinski definition) is 1. The number of carbonyl (C=O) groups is 1. The normalized spacial score (nSPS) is 17.6. The molecule has 1 rings (SSSR count). The Hall–Kier alpha value is -0.660. The van der Waals surface area contributed by atoms with Crippen LogP contribution in [0.1, 0.15) is 46.0 Å². The van der Waals surface area contributed by atoms with Gasteiger partial charge in [-0.05, 0) is 19.3 Å². The fraction of sp³-hybridized carbons (Fsp3) is 0.923. The Kier molecular flexibility index (Phi) is 7.47. The predicted molar refractivity (Wildman–Crippen MR) is 79.5 cm³/mol. The molecule has 0 aliphatic carbocycles. The van der Waals surface area contributed by atoms with Crippen molar-refractivity contribution in [3.63, 3.8) is 0 Å². The van der Waals surface area contributed by atoms with Crippen molar-refractivity contribution in [2.24, 2.45) is 0 Å². The van der Waals surface area contributed by atoms with Gasteiger partial charge in [-0.25, -0.2) is 4.72 Å². The van der Waals surface area contributed by atoms with Crippen LogP contribution in [0, 0.1) is 0 Å². The van der Waals surface area contributed by atoms with Crippen LogP contribution in [0.4, 0.5) is 0 Å². The second-order valence-corrected chi connectivity index (χ2v) is 6.78. The molecule has 1 aliphatic rings. The first-order valence-corrected chi connectivity index (χ1v) is 8.97. The van der Waals surface area contributed by atoms with Crippen molar-refractivity contribution in [3.05, 3.63) is 0 Å². The summed E-state index contributed by atoms with van der Waals surface area (Å²) in [6, 6.07) is 0. The van der Waals surface area contributed by atoms with Crippen molar-refractivity contribution in [1.29, 1.82) is 0 Å². The summed E-state index contributed by atoms with van der Waals surface area (Å²) in [6.07, 6.45) is 4.43. The van der Waals surface area contributed by atoms with E-state index in [1.54, 1.807) is 0 Å². The molecule has 1 fully saturated rings. The monoisotopic (exact) mass is 305 g/mol. The highest BCUT2D eigenvalue weighted by Gasteiger charge is 2.19. The number of rotatable bonds is 8. The molecule has 118 valence electrons. The number of likely N-dealkylation sites (tertiary alicyclic amines) is 1. The maximum atomic E-state index is 11.9. The third-order valence-electron chi connectivity index (χ3n) is 3.61. The van der Waals surface area contributed by atoms with Gasteiger partial charge in [-0.1, -0.05) is 20.3 Å². The highest BCUT2D eigenvalue weighted by atomic mass is 32.2. The van der Waals surface area contributed by atoms with Gasteiger partial charge in [0.25, 0.3) is 10.2 Å². The lowest BCUT2D eigenvalue weighted by Crippen LogP contribution is -2.41. The van der Waals surface area contributed by atoms with Gasteiger partial charge >= 0.3 is 0 Å². The lowest BCUT2D eigenvalue weighted by atomic mass is 10.2. The molecule has 7 heteroatoms. The number of hydrogen-bond acceptors (Lipinski definition) is 3. The molecule has 0 saturated carbocycles. The van der Waals surface area contributed by atoms with Crippen LogP contribution >= 0.6 is 0 Å². The van der Waals surface area contributed by atoms with Gasteiger partial charge in [0.05, 0.1) is 0 Å². The average molecular weight is 305 g/mol. The Morgan fingerprint density at radius 2 is 1.90 bits per heavy atom. The Morgan fingerprint density at radius 1 is 1.20 bits per heavy atom. The van der Waals surface area contributed by atoms with Crippen LogP contribution in [0.15, 0.2) is 0 Å². The molecule has 0 unspecified atom stereocenters. The van der Waals surface area contributed by atoms with Gasteiger partial charge in [-0.2, -0.15) is 12.7 Å². The van der Waals surface area contributed by atoms with Crippen molar-refractivity contribution < 1.29 is 13.2 Å². The van der Waals surface area contributed by atoms with E-state index in [-0.39, 0.29) is 5.91 Å². The van der Waals surface area contributed by atoms with Crippen molar-refractivity contribution in [3.8, 4) is 0 Å². The van der Waals surface area contributed by atoms with Crippen LogP contribution in [0.5, 0.6) is 0 Å². The summed E-state index contributed by atoms with van der Waals surface area (Å²) < 4.78 is 27.8. The first kappa shape index (κ1) is 17.4. The number of amides is 1. The molecule has 1 heterocycles. The Balaban J connectivity index is 2.32. The lowest BCUT2D eigenvalue weighted by molar-refractivity contribution is -0.130. The summed E-state index contributed by atoms with van der Waals surface area (Å²) >= 11 is 0. The molecule has 0 atom stereocenters. The highest BCUT2D eigenvalue weighted by Crippen LogP contribution is 2.11. The Labute approximate surface area is 122 Å². The van der Waals surface area contributed by atoms with Crippen molar-refractivity contribution in [2.45, 2.75) is 46.0 Å². The maximum absolute atomic E-state index is 11.9. The van der Waals surface area contributed by atoms with Crippen LogP contribution < -0.4 is 4.72 Å². The molecule has 1 saturated heterocycles. The molecular formula is C13H27N3O3S. The standard InChI is InChI=1S/C13H27N3O3S/c1-3-16(4-2)20(18,19)14-10-8-12-15-11-7-5-6-9-13(15)17/h14H,3-12H2,1-2H3. The highest BCUT2D eigenvalue weighted by molar-refractivity contribution is 7.87. The third kappa shape index (κ3) is 5.38. The molecule has 0 aromatic carbocycles. The molecule has 0 radical (unpaired) electrons. The zero-order valence-corrected chi connectivity index (χ0v) is 13.4. The summed E-state index contributed by atoms with van der Waals surface area (Å²) in [5, 5.41) is 0. The molecule has 20 heavy (non-hydrogen) atoms. The van der Waals surface area contributed by atoms with Gasteiger partial charge in [0, 0.05) is 39.1 Å². The second-order valence-electron chi connectivity index (χ2n) is 5.03. The van der Waals surface area contributed by atoms with Crippen molar-refractivity contribution in [1.82, 2.24) is 13.9 Å². The van der Waals surface area contributed by atoms with E-state index in [4.69, 9.17) is 0 Å². The van der Waals surface area contributed by atoms with Gasteiger partial charge in [-0.15, -0.1) is 0 Å². The summed E-state index contributed by atoms with van der Waals surface area (Å²) in [5.41, 5.74) is 0. The molecule has 6 nitrogen and oxygen atoms in total. The Bertz CT molecular complexity index is 394. The third-order valence-corrected chi connectivity index (χ3v) is 5.37. The van der Waals surface area contributed by atoms with E-state index in [9.17, 15) is 13.2 Å². The van der Waals surface area contributed by atoms with E-state index in [0.717, 1.165) is 25.8 Å². The van der Waals surface area contributed by atoms with Gasteiger partial charge in [0.2, 0.25) is 5.91 Å². The smallest absolute Gasteiger partial charge is 0.279 e. The summed E-state index contributed by atoms with van der Waals surface area (Å²) in [4.78, 5) is 13.6. The molecule has 0 bridgehead atoms. The fourth-order valence-corrected chi connectivity index (χ4v) is 3.67. The van der Waals surface area contributed by atoms with E-state index >= 15 is 0 Å². The minimum Gasteiger partial charge on any atom is -0.343 e. The zero-order valence-electron chi connectivity index (χ0n) is 12.6. The fourth-order valence-electron chi connectivity index (χ4n) is 2.40. The van der Waals surface area contributed by atoms with Crippen LogP contribution in [-0.4, -0.2) is 56.3 Å². The van der Waals surface area contributed by atoms with Crippen molar-refractivity contribution >= 4 is 16.1 Å². The summed E-state index contributed by atoms with van der Waals surface area (Å²) in [6.45, 7) is 6.40. The molecule has 0 aromatic heterocycles. The summed E-state index contributed by atoms with van der Waals surface area (Å²) in [5.74, 6) is 0.203. The largest absolute Gasteiger partial charge is 0.343 e. The van der Waals surface area contributed by atoms with E-state index in [1.165, 1.54) is 4.31 Å². The maximum Gasteiger partial charge on any atom is 0.279 e. The first-order valence-electron chi connectivity index (χ1n) is 7.53. The first-order chi connectivity index (χ1) is 9.51. The quantitative estimate of drug-likeness (QED) is 0.679. The van der Waals surface area contributed by atoms with Gasteiger partial charge in [-0.3, -0.25) is 4.79 Å². The van der Waals surface area contributed by atoms with Gasteiger partial charge < -0.3 is 4.90 Å². The molecule has 0 aromatic rings. The Morgan fingerprint density at radius 3 is 2.55 bits per heavy atom. The average Bonchev–Trinajstić information content (AvgIpc) is 2.61. The van der Waals surface area contributed by atoms with E-state index < -0.39 is 10.2 Å². The van der Waals surface area contributed by atoms with E-state index in [1.807, 2.05) is 18.7 Å². The van der Waals surface area contributed by atoms with Gasteiger partial charge in [0.1, 0.15) is 0 Å². The molecule has 0 spiro atoms. The van der Waals surface area contributed by atoms with Gasteiger partial charge in [0.15, 0.2) is 0 Å². The topological polar surface area (TPSA) is 69.7 Å². The predicted octanol–water partition coefficient (Wildman–Crippen LogP) is 0.955.